The highest BCUT2D eigenvalue weighted by molar-refractivity contribution is 5.85. The topological polar surface area (TPSA) is 65.1 Å². The van der Waals surface area contributed by atoms with Crippen molar-refractivity contribution in [1.29, 1.82) is 0 Å². The fourth-order valence-corrected chi connectivity index (χ4v) is 2.63. The molecular formula is C13H21NO5. The third kappa shape index (κ3) is 2.90. The Labute approximate surface area is 113 Å². The minimum Gasteiger partial charge on any atom is -0.467 e. The average molecular weight is 271 g/mol. The van der Waals surface area contributed by atoms with E-state index < -0.39 is 12.0 Å². The number of amides is 1. The van der Waals surface area contributed by atoms with Crippen molar-refractivity contribution >= 4 is 11.9 Å². The Kier molecular flexibility index (Phi) is 4.42. The number of carbonyl (C=O) groups excluding carboxylic acids is 2. The molecule has 1 saturated heterocycles. The molecule has 6 heteroatoms. The summed E-state index contributed by atoms with van der Waals surface area (Å²) in [4.78, 5) is 25.6. The summed E-state index contributed by atoms with van der Waals surface area (Å²) in [6.07, 6.45) is 3.23. The molecule has 0 aromatic rings. The first-order chi connectivity index (χ1) is 9.12. The summed E-state index contributed by atoms with van der Waals surface area (Å²) in [5.41, 5.74) is -0.323. The van der Waals surface area contributed by atoms with Crippen molar-refractivity contribution in [1.82, 2.24) is 4.90 Å². The lowest BCUT2D eigenvalue weighted by Gasteiger charge is -2.42. The summed E-state index contributed by atoms with van der Waals surface area (Å²) in [7, 11) is 2.96. The van der Waals surface area contributed by atoms with Crippen LogP contribution in [-0.2, 0) is 23.8 Å². The zero-order valence-electron chi connectivity index (χ0n) is 11.5. The molecule has 0 radical (unpaired) electrons. The molecule has 1 atom stereocenters. The molecule has 19 heavy (non-hydrogen) atoms. The first-order valence-electron chi connectivity index (χ1n) is 6.62. The third-order valence-corrected chi connectivity index (χ3v) is 4.09. The van der Waals surface area contributed by atoms with E-state index in [1.807, 2.05) is 0 Å². The van der Waals surface area contributed by atoms with Crippen LogP contribution < -0.4 is 0 Å². The first-order valence-corrected chi connectivity index (χ1v) is 6.62. The molecule has 1 unspecified atom stereocenters. The second-order valence-electron chi connectivity index (χ2n) is 5.12. The Bertz CT molecular complexity index is 347. The quantitative estimate of drug-likeness (QED) is 0.690. The SMILES string of the molecule is COC(=O)C1COCCN1C(=O)CC1(OC)CCC1. The van der Waals surface area contributed by atoms with E-state index in [0.29, 0.717) is 19.6 Å². The van der Waals surface area contributed by atoms with Crippen LogP contribution in [0.25, 0.3) is 0 Å². The van der Waals surface area contributed by atoms with E-state index in [0.717, 1.165) is 19.3 Å². The Balaban J connectivity index is 2.01. The van der Waals surface area contributed by atoms with E-state index in [2.05, 4.69) is 0 Å². The minimum absolute atomic E-state index is 0.0553. The number of morpholine rings is 1. The minimum atomic E-state index is -0.625. The van der Waals surface area contributed by atoms with Gasteiger partial charge in [-0.25, -0.2) is 4.79 Å². The molecule has 2 rings (SSSR count). The van der Waals surface area contributed by atoms with Crippen molar-refractivity contribution in [2.75, 3.05) is 34.0 Å². The van der Waals surface area contributed by atoms with Gasteiger partial charge in [-0.15, -0.1) is 0 Å². The zero-order chi connectivity index (χ0) is 13.9. The van der Waals surface area contributed by atoms with Crippen LogP contribution in [0.1, 0.15) is 25.7 Å². The van der Waals surface area contributed by atoms with Gasteiger partial charge in [0.05, 0.1) is 32.3 Å². The summed E-state index contributed by atoms with van der Waals surface area (Å²) < 4.78 is 15.4. The molecule has 0 spiro atoms. The van der Waals surface area contributed by atoms with Crippen LogP contribution in [0.15, 0.2) is 0 Å². The predicted octanol–water partition coefficient (Wildman–Crippen LogP) is 0.346. The van der Waals surface area contributed by atoms with Crippen LogP contribution in [0.5, 0.6) is 0 Å². The van der Waals surface area contributed by atoms with Crippen molar-refractivity contribution < 1.29 is 23.8 Å². The number of hydrogen-bond acceptors (Lipinski definition) is 5. The Morgan fingerprint density at radius 1 is 1.37 bits per heavy atom. The van der Waals surface area contributed by atoms with Crippen LogP contribution in [0, 0.1) is 0 Å². The number of carbonyl (C=O) groups is 2. The van der Waals surface area contributed by atoms with Crippen LogP contribution in [0.3, 0.4) is 0 Å². The van der Waals surface area contributed by atoms with Gasteiger partial charge >= 0.3 is 5.97 Å². The van der Waals surface area contributed by atoms with E-state index in [-0.39, 0.29) is 18.1 Å². The third-order valence-electron chi connectivity index (χ3n) is 4.09. The number of nitrogens with zero attached hydrogens (tertiary/aromatic N) is 1. The molecular weight excluding hydrogens is 250 g/mol. The van der Waals surface area contributed by atoms with E-state index >= 15 is 0 Å². The summed E-state index contributed by atoms with van der Waals surface area (Å²) in [6.45, 7) is 1.09. The average Bonchev–Trinajstić information content (AvgIpc) is 2.41. The highest BCUT2D eigenvalue weighted by Crippen LogP contribution is 2.38. The van der Waals surface area contributed by atoms with Crippen molar-refractivity contribution in [2.45, 2.75) is 37.3 Å². The van der Waals surface area contributed by atoms with Gasteiger partial charge in [0, 0.05) is 13.7 Å². The van der Waals surface area contributed by atoms with Gasteiger partial charge < -0.3 is 19.1 Å². The molecule has 1 saturated carbocycles. The summed E-state index contributed by atoms with van der Waals surface area (Å²) in [5.74, 6) is -0.478. The number of methoxy groups -OCH3 is 2. The van der Waals surface area contributed by atoms with Gasteiger partial charge in [-0.2, -0.15) is 0 Å². The van der Waals surface area contributed by atoms with Gasteiger partial charge in [-0.1, -0.05) is 0 Å². The van der Waals surface area contributed by atoms with Crippen LogP contribution in [0.4, 0.5) is 0 Å². The predicted molar refractivity (Wildman–Crippen MR) is 66.5 cm³/mol. The molecule has 1 aliphatic carbocycles. The van der Waals surface area contributed by atoms with Crippen molar-refractivity contribution in [2.24, 2.45) is 0 Å². The molecule has 108 valence electrons. The Hall–Kier alpha value is -1.14. The van der Waals surface area contributed by atoms with Gasteiger partial charge in [0.2, 0.25) is 5.91 Å². The van der Waals surface area contributed by atoms with Crippen LogP contribution >= 0.6 is 0 Å². The lowest BCUT2D eigenvalue weighted by Crippen LogP contribution is -2.55. The molecule has 6 nitrogen and oxygen atoms in total. The van der Waals surface area contributed by atoms with E-state index in [4.69, 9.17) is 14.2 Å². The fraction of sp³-hybridized carbons (Fsp3) is 0.846. The summed E-state index contributed by atoms with van der Waals surface area (Å²) in [6, 6.07) is -0.625. The van der Waals surface area contributed by atoms with Gasteiger partial charge in [-0.05, 0) is 19.3 Å². The molecule has 0 aromatic carbocycles. The normalized spacial score (nSPS) is 25.6. The molecule has 2 fully saturated rings. The van der Waals surface area contributed by atoms with Gasteiger partial charge in [0.1, 0.15) is 0 Å². The number of hydrogen-bond donors (Lipinski definition) is 0. The second kappa shape index (κ2) is 5.88. The van der Waals surface area contributed by atoms with Gasteiger partial charge in [0.15, 0.2) is 6.04 Å². The van der Waals surface area contributed by atoms with Crippen LogP contribution in [-0.4, -0.2) is 62.4 Å². The van der Waals surface area contributed by atoms with Gasteiger partial charge in [0.25, 0.3) is 0 Å². The van der Waals surface area contributed by atoms with Crippen LogP contribution in [0.2, 0.25) is 0 Å². The largest absolute Gasteiger partial charge is 0.467 e. The number of rotatable bonds is 4. The zero-order valence-corrected chi connectivity index (χ0v) is 11.5. The maximum atomic E-state index is 12.4. The van der Waals surface area contributed by atoms with Crippen molar-refractivity contribution in [3.05, 3.63) is 0 Å². The first kappa shape index (κ1) is 14.3. The van der Waals surface area contributed by atoms with E-state index in [1.165, 1.54) is 7.11 Å². The fourth-order valence-electron chi connectivity index (χ4n) is 2.63. The maximum Gasteiger partial charge on any atom is 0.331 e. The maximum absolute atomic E-state index is 12.4. The molecule has 0 N–H and O–H groups in total. The monoisotopic (exact) mass is 271 g/mol. The second-order valence-corrected chi connectivity index (χ2v) is 5.12. The number of esters is 1. The Morgan fingerprint density at radius 2 is 2.11 bits per heavy atom. The summed E-state index contributed by atoms with van der Waals surface area (Å²) >= 11 is 0. The lowest BCUT2D eigenvalue weighted by molar-refractivity contribution is -0.165. The lowest BCUT2D eigenvalue weighted by atomic mass is 9.77. The molecule has 0 aromatic heterocycles. The highest BCUT2D eigenvalue weighted by atomic mass is 16.5. The standard InChI is InChI=1S/C13H21NO5/c1-17-12(16)10-9-19-7-6-14(10)11(15)8-13(18-2)4-3-5-13/h10H,3-9H2,1-2H3. The Morgan fingerprint density at radius 3 is 2.63 bits per heavy atom. The molecule has 1 aliphatic heterocycles. The van der Waals surface area contributed by atoms with Crippen molar-refractivity contribution in [3.63, 3.8) is 0 Å². The number of ether oxygens (including phenoxy) is 3. The molecule has 2 aliphatic rings. The summed E-state index contributed by atoms with van der Waals surface area (Å²) in [5, 5.41) is 0. The van der Waals surface area contributed by atoms with Crippen molar-refractivity contribution in [3.8, 4) is 0 Å². The van der Waals surface area contributed by atoms with E-state index in [1.54, 1.807) is 12.0 Å². The van der Waals surface area contributed by atoms with Gasteiger partial charge in [-0.3, -0.25) is 4.79 Å². The smallest absolute Gasteiger partial charge is 0.331 e. The molecule has 1 heterocycles. The highest BCUT2D eigenvalue weighted by Gasteiger charge is 2.42. The molecule has 0 bridgehead atoms. The molecule has 1 amide bonds. The van der Waals surface area contributed by atoms with E-state index in [9.17, 15) is 9.59 Å².